The lowest BCUT2D eigenvalue weighted by Crippen LogP contribution is -2.34. The Hall–Kier alpha value is -2.48. The Balaban J connectivity index is 1.57. The summed E-state index contributed by atoms with van der Waals surface area (Å²) < 4.78 is 26.2. The fourth-order valence-electron chi connectivity index (χ4n) is 3.01. The van der Waals surface area contributed by atoms with E-state index in [0.29, 0.717) is 11.5 Å². The molecular formula is C18H17F2N3. The number of pyridine rings is 1. The summed E-state index contributed by atoms with van der Waals surface area (Å²) in [6, 6.07) is 9.85. The van der Waals surface area contributed by atoms with Crippen molar-refractivity contribution < 1.29 is 8.78 Å². The molecule has 0 aliphatic carbocycles. The largest absolute Gasteiger partial charge is 0.357 e. The Morgan fingerprint density at radius 3 is 2.52 bits per heavy atom. The van der Waals surface area contributed by atoms with E-state index in [-0.39, 0.29) is 0 Å². The molecule has 0 spiro atoms. The Labute approximate surface area is 134 Å². The Bertz CT molecular complexity index is 714. The zero-order valence-corrected chi connectivity index (χ0v) is 12.7. The van der Waals surface area contributed by atoms with E-state index >= 15 is 0 Å². The van der Waals surface area contributed by atoms with Crippen LogP contribution in [0.3, 0.4) is 0 Å². The van der Waals surface area contributed by atoms with Gasteiger partial charge in [-0.15, -0.1) is 0 Å². The highest BCUT2D eigenvalue weighted by molar-refractivity contribution is 5.42. The summed E-state index contributed by atoms with van der Waals surface area (Å²) in [6.07, 6.45) is 4.33. The minimum atomic E-state index is -0.796. The monoisotopic (exact) mass is 313 g/mol. The van der Waals surface area contributed by atoms with Crippen LogP contribution in [0.5, 0.6) is 0 Å². The molecule has 118 valence electrons. The molecule has 2 heterocycles. The van der Waals surface area contributed by atoms with Crippen molar-refractivity contribution >= 4 is 5.82 Å². The first kappa shape index (κ1) is 15.4. The van der Waals surface area contributed by atoms with Crippen LogP contribution in [0.15, 0.2) is 36.5 Å². The normalized spacial score (nSPS) is 15.4. The van der Waals surface area contributed by atoms with Gasteiger partial charge >= 0.3 is 0 Å². The Morgan fingerprint density at radius 2 is 1.91 bits per heavy atom. The number of piperidine rings is 1. The number of anilines is 1. The summed E-state index contributed by atoms with van der Waals surface area (Å²) in [5.74, 6) is -0.220. The number of hydrogen-bond donors (Lipinski definition) is 0. The molecule has 1 aromatic carbocycles. The first-order valence-corrected chi connectivity index (χ1v) is 7.71. The summed E-state index contributed by atoms with van der Waals surface area (Å²) in [6.45, 7) is 1.76. The number of hydrogen-bond acceptors (Lipinski definition) is 3. The van der Waals surface area contributed by atoms with E-state index < -0.39 is 11.6 Å². The maximum Gasteiger partial charge on any atom is 0.159 e. The number of halogens is 2. The van der Waals surface area contributed by atoms with Crippen molar-refractivity contribution in [2.45, 2.75) is 19.3 Å². The molecule has 1 saturated heterocycles. The van der Waals surface area contributed by atoms with Gasteiger partial charge in [-0.25, -0.2) is 13.8 Å². The summed E-state index contributed by atoms with van der Waals surface area (Å²) in [4.78, 5) is 6.51. The number of benzene rings is 1. The van der Waals surface area contributed by atoms with Gasteiger partial charge in [0.15, 0.2) is 11.6 Å². The van der Waals surface area contributed by atoms with E-state index in [9.17, 15) is 8.78 Å². The van der Waals surface area contributed by atoms with Gasteiger partial charge in [0, 0.05) is 19.3 Å². The van der Waals surface area contributed by atoms with E-state index in [4.69, 9.17) is 5.26 Å². The predicted octanol–water partition coefficient (Wildman–Crippen LogP) is 3.69. The third kappa shape index (κ3) is 3.65. The molecule has 23 heavy (non-hydrogen) atoms. The minimum Gasteiger partial charge on any atom is -0.357 e. The van der Waals surface area contributed by atoms with E-state index in [0.717, 1.165) is 43.7 Å². The molecule has 0 radical (unpaired) electrons. The van der Waals surface area contributed by atoms with E-state index in [1.165, 1.54) is 12.1 Å². The van der Waals surface area contributed by atoms with Gasteiger partial charge in [-0.1, -0.05) is 6.07 Å². The molecule has 0 amide bonds. The molecule has 0 saturated carbocycles. The molecule has 2 aromatic rings. The van der Waals surface area contributed by atoms with Crippen LogP contribution in [0.4, 0.5) is 14.6 Å². The summed E-state index contributed by atoms with van der Waals surface area (Å²) in [5.41, 5.74) is 1.40. The van der Waals surface area contributed by atoms with E-state index in [2.05, 4.69) is 16.0 Å². The summed E-state index contributed by atoms with van der Waals surface area (Å²) in [5, 5.41) is 8.80. The smallest absolute Gasteiger partial charge is 0.159 e. The third-order valence-electron chi connectivity index (χ3n) is 4.32. The molecule has 0 unspecified atom stereocenters. The van der Waals surface area contributed by atoms with Crippen LogP contribution in [-0.4, -0.2) is 18.1 Å². The lowest BCUT2D eigenvalue weighted by molar-refractivity contribution is 0.401. The number of aromatic nitrogens is 1. The lowest BCUT2D eigenvalue weighted by atomic mass is 9.90. The molecular weight excluding hydrogens is 296 g/mol. The predicted molar refractivity (Wildman–Crippen MR) is 84.0 cm³/mol. The second kappa shape index (κ2) is 6.74. The molecule has 1 fully saturated rings. The second-order valence-electron chi connectivity index (χ2n) is 5.90. The van der Waals surface area contributed by atoms with Crippen LogP contribution in [0, 0.1) is 28.9 Å². The van der Waals surface area contributed by atoms with Gasteiger partial charge in [-0.3, -0.25) is 0 Å². The van der Waals surface area contributed by atoms with Gasteiger partial charge in [0.25, 0.3) is 0 Å². The topological polar surface area (TPSA) is 39.9 Å². The maximum atomic E-state index is 13.3. The molecule has 0 atom stereocenters. The van der Waals surface area contributed by atoms with Crippen molar-refractivity contribution in [3.8, 4) is 6.07 Å². The van der Waals surface area contributed by atoms with Gasteiger partial charge < -0.3 is 4.90 Å². The Morgan fingerprint density at radius 1 is 1.13 bits per heavy atom. The summed E-state index contributed by atoms with van der Waals surface area (Å²) in [7, 11) is 0. The van der Waals surface area contributed by atoms with Gasteiger partial charge in [0.05, 0.1) is 5.56 Å². The first-order chi connectivity index (χ1) is 11.2. The second-order valence-corrected chi connectivity index (χ2v) is 5.90. The van der Waals surface area contributed by atoms with Crippen molar-refractivity contribution in [3.05, 3.63) is 59.3 Å². The molecule has 1 aromatic heterocycles. The van der Waals surface area contributed by atoms with Gasteiger partial charge in [-0.2, -0.15) is 5.26 Å². The van der Waals surface area contributed by atoms with Crippen LogP contribution in [-0.2, 0) is 6.42 Å². The first-order valence-electron chi connectivity index (χ1n) is 7.71. The van der Waals surface area contributed by atoms with Gasteiger partial charge in [0.1, 0.15) is 11.9 Å². The van der Waals surface area contributed by atoms with Crippen LogP contribution in [0.25, 0.3) is 0 Å². The standard InChI is InChI=1S/C18H17F2N3/c19-16-3-1-14(10-17(16)20)9-13-5-7-23(8-6-13)18-4-2-15(11-21)12-22-18/h1-4,10,12-13H,5-9H2. The number of nitriles is 1. The van der Waals surface area contributed by atoms with Gasteiger partial charge in [-0.05, 0) is 55.0 Å². The van der Waals surface area contributed by atoms with Crippen LogP contribution in [0.1, 0.15) is 24.0 Å². The van der Waals surface area contributed by atoms with Gasteiger partial charge in [0.2, 0.25) is 0 Å². The molecule has 3 nitrogen and oxygen atoms in total. The maximum absolute atomic E-state index is 13.3. The third-order valence-corrected chi connectivity index (χ3v) is 4.32. The van der Waals surface area contributed by atoms with Crippen LogP contribution in [0.2, 0.25) is 0 Å². The summed E-state index contributed by atoms with van der Waals surface area (Å²) >= 11 is 0. The molecule has 0 bridgehead atoms. The average Bonchev–Trinajstić information content (AvgIpc) is 2.59. The van der Waals surface area contributed by atoms with Crippen LogP contribution < -0.4 is 4.90 Å². The lowest BCUT2D eigenvalue weighted by Gasteiger charge is -2.32. The van der Waals surface area contributed by atoms with E-state index in [1.54, 1.807) is 18.3 Å². The van der Waals surface area contributed by atoms with Crippen molar-refractivity contribution in [3.63, 3.8) is 0 Å². The quantitative estimate of drug-likeness (QED) is 0.867. The minimum absolute atomic E-state index is 0.467. The Kier molecular flexibility index (Phi) is 4.52. The van der Waals surface area contributed by atoms with Crippen molar-refractivity contribution in [2.24, 2.45) is 5.92 Å². The van der Waals surface area contributed by atoms with E-state index in [1.807, 2.05) is 6.07 Å². The molecule has 1 aliphatic rings. The highest BCUT2D eigenvalue weighted by Crippen LogP contribution is 2.25. The average molecular weight is 313 g/mol. The highest BCUT2D eigenvalue weighted by Gasteiger charge is 2.20. The van der Waals surface area contributed by atoms with Crippen molar-refractivity contribution in [2.75, 3.05) is 18.0 Å². The fraction of sp³-hybridized carbons (Fsp3) is 0.333. The van der Waals surface area contributed by atoms with Crippen molar-refractivity contribution in [1.29, 1.82) is 5.26 Å². The zero-order chi connectivity index (χ0) is 16.2. The van der Waals surface area contributed by atoms with Crippen molar-refractivity contribution in [1.82, 2.24) is 4.98 Å². The molecule has 1 aliphatic heterocycles. The van der Waals surface area contributed by atoms with Crippen LogP contribution >= 0.6 is 0 Å². The number of nitrogens with zero attached hydrogens (tertiary/aromatic N) is 3. The molecule has 3 rings (SSSR count). The SMILES string of the molecule is N#Cc1ccc(N2CCC(Cc3ccc(F)c(F)c3)CC2)nc1. The molecule has 0 N–H and O–H groups in total. The zero-order valence-electron chi connectivity index (χ0n) is 12.7. The highest BCUT2D eigenvalue weighted by atomic mass is 19.2. The fourth-order valence-corrected chi connectivity index (χ4v) is 3.01. The molecule has 5 heteroatoms. The number of rotatable bonds is 3.